The number of terminal acetylenes is 1. The molecule has 1 aromatic carbocycles. The fourth-order valence-electron chi connectivity index (χ4n) is 2.09. The first-order chi connectivity index (χ1) is 10.7. The molecular formula is C15H13FN6. The monoisotopic (exact) mass is 296 g/mol. The standard InChI is InChI=1S/C15H13FN6/c1-3-8-17-14-13-15(19-10(2)18-14)22(21-20-13)9-11-4-6-12(16)7-5-11/h1,4-7H,8-9H2,2H3,(H,17,18,19). The molecule has 0 aliphatic heterocycles. The average Bonchev–Trinajstić information content (AvgIpc) is 2.90. The molecule has 0 spiro atoms. The zero-order chi connectivity index (χ0) is 15.5. The molecule has 6 nitrogen and oxygen atoms in total. The fourth-order valence-corrected chi connectivity index (χ4v) is 2.09. The molecule has 0 radical (unpaired) electrons. The lowest BCUT2D eigenvalue weighted by molar-refractivity contribution is 0.623. The minimum atomic E-state index is -0.272. The number of halogens is 1. The summed E-state index contributed by atoms with van der Waals surface area (Å²) in [7, 11) is 0. The van der Waals surface area contributed by atoms with Gasteiger partial charge in [-0.05, 0) is 24.6 Å². The number of aromatic nitrogens is 5. The van der Waals surface area contributed by atoms with Crippen LogP contribution in [0.1, 0.15) is 11.4 Å². The van der Waals surface area contributed by atoms with Crippen LogP contribution in [0.4, 0.5) is 10.2 Å². The molecule has 0 bridgehead atoms. The van der Waals surface area contributed by atoms with Gasteiger partial charge in [-0.2, -0.15) is 0 Å². The number of rotatable bonds is 4. The minimum absolute atomic E-state index is 0.272. The fraction of sp³-hybridized carbons (Fsp3) is 0.200. The van der Waals surface area contributed by atoms with E-state index in [4.69, 9.17) is 6.42 Å². The van der Waals surface area contributed by atoms with Gasteiger partial charge in [0.15, 0.2) is 17.0 Å². The Bertz CT molecular complexity index is 847. The van der Waals surface area contributed by atoms with Gasteiger partial charge < -0.3 is 5.32 Å². The van der Waals surface area contributed by atoms with Gasteiger partial charge in [0.2, 0.25) is 0 Å². The third-order valence-corrected chi connectivity index (χ3v) is 3.08. The van der Waals surface area contributed by atoms with E-state index in [2.05, 4.69) is 31.5 Å². The van der Waals surface area contributed by atoms with Gasteiger partial charge in [-0.25, -0.2) is 19.0 Å². The van der Waals surface area contributed by atoms with Crippen molar-refractivity contribution in [1.82, 2.24) is 25.0 Å². The van der Waals surface area contributed by atoms with Gasteiger partial charge in [0.1, 0.15) is 11.6 Å². The van der Waals surface area contributed by atoms with Gasteiger partial charge in [0.25, 0.3) is 0 Å². The largest absolute Gasteiger partial charge is 0.357 e. The van der Waals surface area contributed by atoms with Gasteiger partial charge in [-0.3, -0.25) is 0 Å². The van der Waals surface area contributed by atoms with Gasteiger partial charge in [-0.1, -0.05) is 23.3 Å². The highest BCUT2D eigenvalue weighted by Gasteiger charge is 2.13. The molecule has 0 amide bonds. The number of fused-ring (bicyclic) bond motifs is 1. The van der Waals surface area contributed by atoms with E-state index in [0.29, 0.717) is 35.9 Å². The summed E-state index contributed by atoms with van der Waals surface area (Å²) in [6, 6.07) is 6.23. The molecule has 110 valence electrons. The highest BCUT2D eigenvalue weighted by Crippen LogP contribution is 2.18. The number of nitrogens with one attached hydrogen (secondary N) is 1. The van der Waals surface area contributed by atoms with Crippen LogP contribution in [0, 0.1) is 25.1 Å². The third-order valence-electron chi connectivity index (χ3n) is 3.08. The minimum Gasteiger partial charge on any atom is -0.357 e. The van der Waals surface area contributed by atoms with Crippen molar-refractivity contribution in [3.8, 4) is 12.3 Å². The van der Waals surface area contributed by atoms with E-state index < -0.39 is 0 Å². The topological polar surface area (TPSA) is 68.5 Å². The summed E-state index contributed by atoms with van der Waals surface area (Å²) in [6.07, 6.45) is 5.25. The predicted molar refractivity (Wildman–Crippen MR) is 80.7 cm³/mol. The van der Waals surface area contributed by atoms with Crippen molar-refractivity contribution in [2.24, 2.45) is 0 Å². The van der Waals surface area contributed by atoms with Crippen molar-refractivity contribution in [3.05, 3.63) is 41.5 Å². The van der Waals surface area contributed by atoms with Gasteiger partial charge >= 0.3 is 0 Å². The summed E-state index contributed by atoms with van der Waals surface area (Å²) in [5, 5.41) is 11.2. The number of aryl methyl sites for hydroxylation is 1. The van der Waals surface area contributed by atoms with Crippen LogP contribution in [0.25, 0.3) is 11.2 Å². The van der Waals surface area contributed by atoms with Crippen LogP contribution >= 0.6 is 0 Å². The lowest BCUT2D eigenvalue weighted by atomic mass is 10.2. The lowest BCUT2D eigenvalue weighted by Gasteiger charge is -2.05. The second-order valence-electron chi connectivity index (χ2n) is 4.72. The third kappa shape index (κ3) is 2.72. The number of benzene rings is 1. The SMILES string of the molecule is C#CCNc1nc(C)nc2c1nnn2Cc1ccc(F)cc1. The maximum Gasteiger partial charge on any atom is 0.184 e. The predicted octanol–water partition coefficient (Wildman–Crippen LogP) is 1.76. The highest BCUT2D eigenvalue weighted by atomic mass is 19.1. The van der Waals surface area contributed by atoms with Crippen molar-refractivity contribution in [2.45, 2.75) is 13.5 Å². The molecule has 2 aromatic heterocycles. The van der Waals surface area contributed by atoms with Crippen molar-refractivity contribution in [3.63, 3.8) is 0 Å². The Balaban J connectivity index is 1.99. The maximum absolute atomic E-state index is 13.0. The van der Waals surface area contributed by atoms with E-state index >= 15 is 0 Å². The number of nitrogens with zero attached hydrogens (tertiary/aromatic N) is 5. The molecule has 7 heteroatoms. The lowest BCUT2D eigenvalue weighted by Crippen LogP contribution is -2.06. The molecular weight excluding hydrogens is 283 g/mol. The van der Waals surface area contributed by atoms with Crippen LogP contribution in [0.2, 0.25) is 0 Å². The van der Waals surface area contributed by atoms with Crippen molar-refractivity contribution < 1.29 is 4.39 Å². The first-order valence-corrected chi connectivity index (χ1v) is 6.67. The summed E-state index contributed by atoms with van der Waals surface area (Å²) < 4.78 is 14.6. The van der Waals surface area contributed by atoms with Gasteiger partial charge in [0.05, 0.1) is 13.1 Å². The Hall–Kier alpha value is -3.01. The zero-order valence-corrected chi connectivity index (χ0v) is 11.9. The Morgan fingerprint density at radius 2 is 2.05 bits per heavy atom. The quantitative estimate of drug-likeness (QED) is 0.743. The summed E-state index contributed by atoms with van der Waals surface area (Å²) in [5.41, 5.74) is 2.07. The summed E-state index contributed by atoms with van der Waals surface area (Å²) in [4.78, 5) is 8.67. The molecule has 0 aliphatic carbocycles. The Morgan fingerprint density at radius 1 is 1.27 bits per heavy atom. The molecule has 2 heterocycles. The van der Waals surface area contributed by atoms with Crippen molar-refractivity contribution >= 4 is 17.0 Å². The number of hydrogen-bond acceptors (Lipinski definition) is 5. The average molecular weight is 296 g/mol. The van der Waals surface area contributed by atoms with E-state index in [1.807, 2.05) is 0 Å². The van der Waals surface area contributed by atoms with Crippen LogP contribution in [-0.4, -0.2) is 31.5 Å². The zero-order valence-electron chi connectivity index (χ0n) is 11.9. The van der Waals surface area contributed by atoms with Crippen molar-refractivity contribution in [1.29, 1.82) is 0 Å². The van der Waals surface area contributed by atoms with E-state index in [1.54, 1.807) is 23.7 Å². The van der Waals surface area contributed by atoms with Crippen LogP contribution in [0.3, 0.4) is 0 Å². The molecule has 3 rings (SSSR count). The molecule has 0 unspecified atom stereocenters. The first kappa shape index (κ1) is 13.9. The number of hydrogen-bond donors (Lipinski definition) is 1. The Labute approximate surface area is 126 Å². The molecule has 3 aromatic rings. The smallest absolute Gasteiger partial charge is 0.184 e. The second-order valence-corrected chi connectivity index (χ2v) is 4.72. The van der Waals surface area contributed by atoms with Gasteiger partial charge in [0, 0.05) is 0 Å². The second kappa shape index (κ2) is 5.77. The van der Waals surface area contributed by atoms with Crippen molar-refractivity contribution in [2.75, 3.05) is 11.9 Å². The van der Waals surface area contributed by atoms with E-state index in [-0.39, 0.29) is 5.82 Å². The van der Waals surface area contributed by atoms with Crippen LogP contribution in [0.15, 0.2) is 24.3 Å². The van der Waals surface area contributed by atoms with Crippen LogP contribution in [0.5, 0.6) is 0 Å². The molecule has 0 aliphatic rings. The molecule has 0 fully saturated rings. The Kier molecular flexibility index (Phi) is 3.66. The highest BCUT2D eigenvalue weighted by molar-refractivity contribution is 5.82. The summed E-state index contributed by atoms with van der Waals surface area (Å²) in [6.45, 7) is 2.58. The van der Waals surface area contributed by atoms with E-state index in [9.17, 15) is 4.39 Å². The van der Waals surface area contributed by atoms with E-state index in [0.717, 1.165) is 5.56 Å². The molecule has 1 N–H and O–H groups in total. The molecule has 22 heavy (non-hydrogen) atoms. The summed E-state index contributed by atoms with van der Waals surface area (Å²) >= 11 is 0. The Morgan fingerprint density at radius 3 is 2.77 bits per heavy atom. The number of anilines is 1. The molecule has 0 saturated carbocycles. The normalized spacial score (nSPS) is 10.6. The molecule has 0 atom stereocenters. The summed E-state index contributed by atoms with van der Waals surface area (Å²) in [5.74, 6) is 3.37. The molecule has 0 saturated heterocycles. The van der Waals surface area contributed by atoms with Gasteiger partial charge in [-0.15, -0.1) is 11.5 Å². The maximum atomic E-state index is 13.0. The van der Waals surface area contributed by atoms with E-state index in [1.165, 1.54) is 12.1 Å². The van der Waals surface area contributed by atoms with Crippen LogP contribution in [-0.2, 0) is 6.54 Å². The van der Waals surface area contributed by atoms with Crippen LogP contribution < -0.4 is 5.32 Å². The first-order valence-electron chi connectivity index (χ1n) is 6.67.